The maximum absolute atomic E-state index is 13.0. The fourth-order valence-corrected chi connectivity index (χ4v) is 3.22. The van der Waals surface area contributed by atoms with Gasteiger partial charge in [-0.25, -0.2) is 4.68 Å². The summed E-state index contributed by atoms with van der Waals surface area (Å²) < 4.78 is 7.20. The highest BCUT2D eigenvalue weighted by atomic mass is 16.5. The first kappa shape index (κ1) is 22.3. The van der Waals surface area contributed by atoms with Crippen LogP contribution in [0, 0.1) is 11.3 Å². The van der Waals surface area contributed by atoms with Crippen molar-refractivity contribution in [3.8, 4) is 28.8 Å². The molecule has 0 spiro atoms. The number of hydrazine groups is 1. The number of para-hydroxylation sites is 1. The number of ether oxygens (including phenoxy) is 1. The molecule has 168 valence electrons. The Labute approximate surface area is 196 Å². The van der Waals surface area contributed by atoms with Gasteiger partial charge in [-0.3, -0.25) is 20.4 Å². The summed E-state index contributed by atoms with van der Waals surface area (Å²) in [5.74, 6) is -0.613. The van der Waals surface area contributed by atoms with Gasteiger partial charge in [-0.2, -0.15) is 10.4 Å². The molecule has 1 heterocycles. The van der Waals surface area contributed by atoms with E-state index >= 15 is 0 Å². The van der Waals surface area contributed by atoms with E-state index < -0.39 is 17.9 Å². The molecule has 0 aliphatic carbocycles. The van der Waals surface area contributed by atoms with Gasteiger partial charge >= 0.3 is 0 Å². The van der Waals surface area contributed by atoms with Crippen molar-refractivity contribution in [1.82, 2.24) is 20.6 Å². The fraction of sp³-hybridized carbons (Fsp3) is 0.0769. The number of nitrogens with one attached hydrogen (secondary N) is 2. The van der Waals surface area contributed by atoms with Crippen LogP contribution < -0.4 is 15.6 Å². The van der Waals surface area contributed by atoms with Crippen molar-refractivity contribution in [3.05, 3.63) is 102 Å². The second-order valence-electron chi connectivity index (χ2n) is 7.38. The van der Waals surface area contributed by atoms with Gasteiger partial charge in [-0.05, 0) is 43.3 Å². The third kappa shape index (κ3) is 5.11. The lowest BCUT2D eigenvalue weighted by Gasteiger charge is -2.15. The van der Waals surface area contributed by atoms with Gasteiger partial charge in [0.1, 0.15) is 11.4 Å². The van der Waals surface area contributed by atoms with E-state index in [0.29, 0.717) is 22.6 Å². The smallest absolute Gasteiger partial charge is 0.279 e. The Morgan fingerprint density at radius 1 is 0.941 bits per heavy atom. The number of amides is 2. The Bertz CT molecular complexity index is 1330. The molecule has 0 fully saturated rings. The van der Waals surface area contributed by atoms with Crippen LogP contribution in [-0.4, -0.2) is 27.7 Å². The minimum absolute atomic E-state index is 0.302. The van der Waals surface area contributed by atoms with E-state index in [1.807, 2.05) is 66.7 Å². The van der Waals surface area contributed by atoms with Crippen LogP contribution in [0.1, 0.15) is 22.8 Å². The molecule has 1 unspecified atom stereocenters. The molecule has 1 aromatic heterocycles. The number of benzene rings is 3. The van der Waals surface area contributed by atoms with Crippen LogP contribution in [-0.2, 0) is 4.79 Å². The first-order chi connectivity index (χ1) is 16.5. The molecule has 0 saturated carbocycles. The third-order valence-electron chi connectivity index (χ3n) is 4.99. The molecule has 0 aliphatic heterocycles. The minimum Gasteiger partial charge on any atom is -0.481 e. The molecule has 4 rings (SSSR count). The zero-order chi connectivity index (χ0) is 23.9. The summed E-state index contributed by atoms with van der Waals surface area (Å²) in [5.41, 5.74) is 7.68. The SMILES string of the molecule is CC(Oc1ccc(C#N)cc1)C(=O)NNC(=O)c1cn(-c2ccccc2)nc1-c1ccccc1. The average Bonchev–Trinajstić information content (AvgIpc) is 3.34. The summed E-state index contributed by atoms with van der Waals surface area (Å²) in [6.45, 7) is 1.56. The van der Waals surface area contributed by atoms with Gasteiger partial charge in [0.15, 0.2) is 6.10 Å². The van der Waals surface area contributed by atoms with Crippen LogP contribution in [0.2, 0.25) is 0 Å². The van der Waals surface area contributed by atoms with E-state index in [1.54, 1.807) is 42.1 Å². The van der Waals surface area contributed by atoms with E-state index in [9.17, 15) is 9.59 Å². The molecule has 0 radical (unpaired) electrons. The Balaban J connectivity index is 1.48. The van der Waals surface area contributed by atoms with Gasteiger partial charge in [-0.1, -0.05) is 48.5 Å². The first-order valence-electron chi connectivity index (χ1n) is 10.5. The lowest BCUT2D eigenvalue weighted by atomic mass is 10.1. The van der Waals surface area contributed by atoms with Crippen LogP contribution in [0.4, 0.5) is 0 Å². The molecule has 0 saturated heterocycles. The van der Waals surface area contributed by atoms with Crippen molar-refractivity contribution >= 4 is 11.8 Å². The minimum atomic E-state index is -0.881. The normalized spacial score (nSPS) is 11.2. The van der Waals surface area contributed by atoms with Gasteiger partial charge in [0.2, 0.25) is 0 Å². The first-order valence-corrected chi connectivity index (χ1v) is 10.5. The molecule has 4 aromatic rings. The number of nitriles is 1. The molecule has 2 N–H and O–H groups in total. The summed E-state index contributed by atoms with van der Waals surface area (Å²) in [5, 5.41) is 13.5. The van der Waals surface area contributed by atoms with E-state index in [4.69, 9.17) is 10.00 Å². The lowest BCUT2D eigenvalue weighted by Crippen LogP contribution is -2.47. The van der Waals surface area contributed by atoms with E-state index in [1.165, 1.54) is 0 Å². The summed E-state index contributed by atoms with van der Waals surface area (Å²) >= 11 is 0. The maximum atomic E-state index is 13.0. The number of carbonyl (C=O) groups is 2. The van der Waals surface area contributed by atoms with E-state index in [0.717, 1.165) is 11.3 Å². The van der Waals surface area contributed by atoms with Gasteiger partial charge in [0.25, 0.3) is 11.8 Å². The molecule has 0 bridgehead atoms. The zero-order valence-electron chi connectivity index (χ0n) is 18.3. The van der Waals surface area contributed by atoms with Crippen LogP contribution in [0.15, 0.2) is 91.1 Å². The van der Waals surface area contributed by atoms with Crippen LogP contribution in [0.25, 0.3) is 16.9 Å². The quantitative estimate of drug-likeness (QED) is 0.435. The van der Waals surface area contributed by atoms with Gasteiger partial charge in [-0.15, -0.1) is 0 Å². The fourth-order valence-electron chi connectivity index (χ4n) is 3.22. The second kappa shape index (κ2) is 10.1. The average molecular weight is 451 g/mol. The number of rotatable bonds is 6. The topological polar surface area (TPSA) is 109 Å². The van der Waals surface area contributed by atoms with Gasteiger partial charge in [0.05, 0.1) is 22.9 Å². The summed E-state index contributed by atoms with van der Waals surface area (Å²) in [4.78, 5) is 25.5. The summed E-state index contributed by atoms with van der Waals surface area (Å²) in [6.07, 6.45) is 0.740. The summed E-state index contributed by atoms with van der Waals surface area (Å²) in [6, 6.07) is 27.2. The zero-order valence-corrected chi connectivity index (χ0v) is 18.3. The lowest BCUT2D eigenvalue weighted by molar-refractivity contribution is -0.128. The number of nitrogens with zero attached hydrogens (tertiary/aromatic N) is 3. The highest BCUT2D eigenvalue weighted by Gasteiger charge is 2.21. The largest absolute Gasteiger partial charge is 0.481 e. The molecule has 34 heavy (non-hydrogen) atoms. The van der Waals surface area contributed by atoms with Crippen LogP contribution >= 0.6 is 0 Å². The van der Waals surface area contributed by atoms with Crippen LogP contribution in [0.5, 0.6) is 5.75 Å². The molecule has 0 aliphatic rings. The van der Waals surface area contributed by atoms with Crippen LogP contribution in [0.3, 0.4) is 0 Å². The number of hydrogen-bond acceptors (Lipinski definition) is 5. The molecular formula is C26H21N5O3. The number of carbonyl (C=O) groups excluding carboxylic acids is 2. The van der Waals surface area contributed by atoms with E-state index in [2.05, 4.69) is 16.0 Å². The highest BCUT2D eigenvalue weighted by molar-refractivity contribution is 6.00. The number of aromatic nitrogens is 2. The molecule has 8 heteroatoms. The van der Waals surface area contributed by atoms with Crippen molar-refractivity contribution in [2.45, 2.75) is 13.0 Å². The monoisotopic (exact) mass is 451 g/mol. The van der Waals surface area contributed by atoms with Gasteiger partial charge in [0, 0.05) is 11.8 Å². The Kier molecular flexibility index (Phi) is 6.65. The molecule has 1 atom stereocenters. The van der Waals surface area contributed by atoms with Gasteiger partial charge < -0.3 is 4.74 Å². The predicted octanol–water partition coefficient (Wildman–Crippen LogP) is 3.64. The molecule has 3 aromatic carbocycles. The highest BCUT2D eigenvalue weighted by Crippen LogP contribution is 2.23. The van der Waals surface area contributed by atoms with Crippen molar-refractivity contribution in [2.24, 2.45) is 0 Å². The molecular weight excluding hydrogens is 430 g/mol. The predicted molar refractivity (Wildman–Crippen MR) is 126 cm³/mol. The molecule has 8 nitrogen and oxygen atoms in total. The van der Waals surface area contributed by atoms with Crippen molar-refractivity contribution in [1.29, 1.82) is 5.26 Å². The molecule has 2 amide bonds. The Morgan fingerprint density at radius 2 is 1.59 bits per heavy atom. The van der Waals surface area contributed by atoms with Crippen molar-refractivity contribution in [3.63, 3.8) is 0 Å². The van der Waals surface area contributed by atoms with Crippen molar-refractivity contribution in [2.75, 3.05) is 0 Å². The summed E-state index contributed by atoms with van der Waals surface area (Å²) in [7, 11) is 0. The maximum Gasteiger partial charge on any atom is 0.279 e. The third-order valence-corrected chi connectivity index (χ3v) is 4.99. The second-order valence-corrected chi connectivity index (χ2v) is 7.38. The number of hydrogen-bond donors (Lipinski definition) is 2. The standard InChI is InChI=1S/C26H21N5O3/c1-18(34-22-14-12-19(16-27)13-15-22)25(32)28-29-26(33)23-17-31(21-10-6-3-7-11-21)30-24(23)20-8-4-2-5-9-20/h2-15,17-18H,1H3,(H,28,32)(H,29,33). The van der Waals surface area contributed by atoms with Crippen molar-refractivity contribution < 1.29 is 14.3 Å². The van der Waals surface area contributed by atoms with E-state index in [-0.39, 0.29) is 0 Å². The Morgan fingerprint density at radius 3 is 2.24 bits per heavy atom. The Hall–Kier alpha value is -4.90.